The Bertz CT molecular complexity index is 616. The molecule has 4 nitrogen and oxygen atoms in total. The smallest absolute Gasteiger partial charge is 0.195 e. The van der Waals surface area contributed by atoms with Crippen molar-refractivity contribution >= 4 is 11.8 Å². The zero-order chi connectivity index (χ0) is 14.1. The Kier molecular flexibility index (Phi) is 3.81. The molecule has 1 aromatic heterocycles. The molecule has 5 heteroatoms. The van der Waals surface area contributed by atoms with Crippen LogP contribution in [0.2, 0.25) is 0 Å². The minimum Gasteiger partial charge on any atom is -0.310 e. The van der Waals surface area contributed by atoms with Crippen molar-refractivity contribution in [3.05, 3.63) is 35.2 Å². The van der Waals surface area contributed by atoms with Gasteiger partial charge in [0, 0.05) is 24.5 Å². The van der Waals surface area contributed by atoms with Crippen LogP contribution in [0.3, 0.4) is 0 Å². The zero-order valence-corrected chi connectivity index (χ0v) is 13.0. The Morgan fingerprint density at radius 3 is 2.70 bits per heavy atom. The third-order valence-corrected chi connectivity index (χ3v) is 4.88. The largest absolute Gasteiger partial charge is 0.310 e. The molecule has 1 N–H and O–H groups in total. The molecule has 1 fully saturated rings. The highest BCUT2D eigenvalue weighted by atomic mass is 32.2. The molecule has 1 aliphatic rings. The van der Waals surface area contributed by atoms with Crippen LogP contribution >= 0.6 is 11.8 Å². The third kappa shape index (κ3) is 3.04. The van der Waals surface area contributed by atoms with E-state index in [1.165, 1.54) is 28.9 Å². The van der Waals surface area contributed by atoms with E-state index in [9.17, 15) is 0 Å². The lowest BCUT2D eigenvalue weighted by Crippen LogP contribution is -2.15. The van der Waals surface area contributed by atoms with Crippen LogP contribution in [0, 0.1) is 13.8 Å². The highest BCUT2D eigenvalue weighted by Gasteiger charge is 2.20. The van der Waals surface area contributed by atoms with Gasteiger partial charge in [-0.25, -0.2) is 0 Å². The SMILES string of the molecule is Cc1cc(CNC2CC2)ccc1Sc1nnc(C)n1C. The van der Waals surface area contributed by atoms with E-state index in [-0.39, 0.29) is 0 Å². The highest BCUT2D eigenvalue weighted by molar-refractivity contribution is 7.99. The van der Waals surface area contributed by atoms with Gasteiger partial charge in [-0.2, -0.15) is 0 Å². The van der Waals surface area contributed by atoms with Gasteiger partial charge in [0.05, 0.1) is 0 Å². The fourth-order valence-electron chi connectivity index (χ4n) is 2.06. The minimum atomic E-state index is 0.756. The van der Waals surface area contributed by atoms with Crippen molar-refractivity contribution in [2.24, 2.45) is 7.05 Å². The average Bonchev–Trinajstić information content (AvgIpc) is 3.21. The van der Waals surface area contributed by atoms with E-state index in [0.29, 0.717) is 0 Å². The van der Waals surface area contributed by atoms with Gasteiger partial charge in [-0.3, -0.25) is 0 Å². The van der Waals surface area contributed by atoms with Crippen LogP contribution in [0.25, 0.3) is 0 Å². The second-order valence-electron chi connectivity index (χ2n) is 5.45. The Morgan fingerprint density at radius 2 is 2.10 bits per heavy atom. The number of aromatic nitrogens is 3. The summed E-state index contributed by atoms with van der Waals surface area (Å²) in [5, 5.41) is 12.8. The summed E-state index contributed by atoms with van der Waals surface area (Å²) in [6.45, 7) is 5.10. The summed E-state index contributed by atoms with van der Waals surface area (Å²) in [7, 11) is 2.00. The summed E-state index contributed by atoms with van der Waals surface area (Å²) in [6, 6.07) is 7.41. The fourth-order valence-corrected chi connectivity index (χ4v) is 2.96. The zero-order valence-electron chi connectivity index (χ0n) is 12.2. The van der Waals surface area contributed by atoms with Gasteiger partial charge in [-0.15, -0.1) is 10.2 Å². The maximum atomic E-state index is 4.21. The van der Waals surface area contributed by atoms with Crippen molar-refractivity contribution < 1.29 is 0 Å². The summed E-state index contributed by atoms with van der Waals surface area (Å²) < 4.78 is 2.02. The van der Waals surface area contributed by atoms with Gasteiger partial charge in [0.15, 0.2) is 5.16 Å². The monoisotopic (exact) mass is 288 g/mol. The second kappa shape index (κ2) is 5.58. The van der Waals surface area contributed by atoms with Gasteiger partial charge in [0.2, 0.25) is 0 Å². The molecule has 0 saturated heterocycles. The number of aryl methyl sites for hydroxylation is 2. The molecule has 1 aliphatic carbocycles. The van der Waals surface area contributed by atoms with Crippen LogP contribution in [-0.4, -0.2) is 20.8 Å². The normalized spacial score (nSPS) is 14.8. The van der Waals surface area contributed by atoms with E-state index in [0.717, 1.165) is 23.6 Å². The summed E-state index contributed by atoms with van der Waals surface area (Å²) in [6.07, 6.45) is 2.66. The van der Waals surface area contributed by atoms with Crippen molar-refractivity contribution in [1.82, 2.24) is 20.1 Å². The summed E-state index contributed by atoms with van der Waals surface area (Å²) in [4.78, 5) is 1.25. The first-order chi connectivity index (χ1) is 9.63. The number of rotatable bonds is 5. The number of benzene rings is 1. The molecule has 106 valence electrons. The van der Waals surface area contributed by atoms with E-state index in [2.05, 4.69) is 40.6 Å². The first-order valence-corrected chi connectivity index (χ1v) is 7.82. The molecular weight excluding hydrogens is 268 g/mol. The number of nitrogens with one attached hydrogen (secondary N) is 1. The number of hydrogen-bond acceptors (Lipinski definition) is 4. The molecule has 0 unspecified atom stereocenters. The minimum absolute atomic E-state index is 0.756. The van der Waals surface area contributed by atoms with Crippen molar-refractivity contribution in [1.29, 1.82) is 0 Å². The van der Waals surface area contributed by atoms with Crippen molar-refractivity contribution in [3.63, 3.8) is 0 Å². The predicted octanol–water partition coefficient (Wildman–Crippen LogP) is 2.84. The maximum absolute atomic E-state index is 4.21. The highest BCUT2D eigenvalue weighted by Crippen LogP contribution is 2.29. The van der Waals surface area contributed by atoms with Gasteiger partial charge in [-0.1, -0.05) is 12.1 Å². The predicted molar refractivity (Wildman–Crippen MR) is 80.9 cm³/mol. The summed E-state index contributed by atoms with van der Waals surface area (Å²) >= 11 is 1.68. The lowest BCUT2D eigenvalue weighted by Gasteiger charge is -2.08. The van der Waals surface area contributed by atoms with Gasteiger partial charge < -0.3 is 9.88 Å². The van der Waals surface area contributed by atoms with Gasteiger partial charge >= 0.3 is 0 Å². The summed E-state index contributed by atoms with van der Waals surface area (Å²) in [5.41, 5.74) is 2.65. The van der Waals surface area contributed by atoms with E-state index in [1.807, 2.05) is 18.5 Å². The molecule has 1 heterocycles. The fraction of sp³-hybridized carbons (Fsp3) is 0.467. The van der Waals surface area contributed by atoms with Gasteiger partial charge in [0.25, 0.3) is 0 Å². The average molecular weight is 288 g/mol. The topological polar surface area (TPSA) is 42.7 Å². The van der Waals surface area contributed by atoms with Crippen LogP contribution in [-0.2, 0) is 13.6 Å². The molecule has 0 amide bonds. The van der Waals surface area contributed by atoms with Crippen molar-refractivity contribution in [3.8, 4) is 0 Å². The van der Waals surface area contributed by atoms with Crippen LogP contribution in [0.4, 0.5) is 0 Å². The molecule has 0 aliphatic heterocycles. The van der Waals surface area contributed by atoms with Crippen LogP contribution in [0.15, 0.2) is 28.3 Å². The molecule has 0 atom stereocenters. The van der Waals surface area contributed by atoms with Crippen molar-refractivity contribution in [2.45, 2.75) is 49.3 Å². The quantitative estimate of drug-likeness (QED) is 0.918. The van der Waals surface area contributed by atoms with E-state index < -0.39 is 0 Å². The van der Waals surface area contributed by atoms with E-state index in [4.69, 9.17) is 0 Å². The Labute approximate surface area is 124 Å². The van der Waals surface area contributed by atoms with E-state index in [1.54, 1.807) is 11.8 Å². The lowest BCUT2D eigenvalue weighted by atomic mass is 10.1. The molecule has 1 saturated carbocycles. The second-order valence-corrected chi connectivity index (χ2v) is 6.45. The molecule has 3 rings (SSSR count). The summed E-state index contributed by atoms with van der Waals surface area (Å²) in [5.74, 6) is 0.940. The van der Waals surface area contributed by atoms with E-state index >= 15 is 0 Å². The molecule has 0 bridgehead atoms. The molecule has 2 aromatic rings. The lowest BCUT2D eigenvalue weighted by molar-refractivity contribution is 0.687. The van der Waals surface area contributed by atoms with Crippen molar-refractivity contribution in [2.75, 3.05) is 0 Å². The molecule has 1 aromatic carbocycles. The molecule has 0 spiro atoms. The Morgan fingerprint density at radius 1 is 1.30 bits per heavy atom. The maximum Gasteiger partial charge on any atom is 0.195 e. The first-order valence-electron chi connectivity index (χ1n) is 7.00. The third-order valence-electron chi connectivity index (χ3n) is 3.67. The standard InChI is InChI=1S/C15H20N4S/c1-10-8-12(9-16-13-5-6-13)4-7-14(10)20-15-18-17-11(2)19(15)3/h4,7-8,13,16H,5-6,9H2,1-3H3. The van der Waals surface area contributed by atoms with Crippen LogP contribution in [0.1, 0.15) is 29.8 Å². The number of nitrogens with zero attached hydrogens (tertiary/aromatic N) is 3. The Hall–Kier alpha value is -1.33. The Balaban J connectivity index is 1.71. The van der Waals surface area contributed by atoms with Gasteiger partial charge in [0.1, 0.15) is 5.82 Å². The number of hydrogen-bond donors (Lipinski definition) is 1. The molecular formula is C15H20N4S. The molecule has 20 heavy (non-hydrogen) atoms. The van der Waals surface area contributed by atoms with Crippen LogP contribution < -0.4 is 5.32 Å². The van der Waals surface area contributed by atoms with Gasteiger partial charge in [-0.05, 0) is 55.6 Å². The first kappa shape index (κ1) is 13.6. The van der Waals surface area contributed by atoms with Crippen LogP contribution in [0.5, 0.6) is 0 Å². The molecule has 0 radical (unpaired) electrons.